The van der Waals surface area contributed by atoms with Crippen molar-refractivity contribution in [1.82, 2.24) is 4.98 Å². The molecule has 0 unspecified atom stereocenters. The average Bonchev–Trinajstić information content (AvgIpc) is 2.42. The topological polar surface area (TPSA) is 22.1 Å². The molecule has 0 radical (unpaired) electrons. The lowest BCUT2D eigenvalue weighted by Gasteiger charge is -2.15. The van der Waals surface area contributed by atoms with Gasteiger partial charge in [-0.15, -0.1) is 0 Å². The summed E-state index contributed by atoms with van der Waals surface area (Å²) in [6, 6.07) is 3.59. The molecule has 0 aliphatic carbocycles. The molecule has 112 valence electrons. The second kappa shape index (κ2) is 5.91. The average molecular weight is 357 g/mol. The number of pyridine rings is 1. The van der Waals surface area contributed by atoms with Crippen LogP contribution in [-0.2, 0) is 6.18 Å². The van der Waals surface area contributed by atoms with Crippen LogP contribution in [0.4, 0.5) is 13.2 Å². The van der Waals surface area contributed by atoms with E-state index in [0.29, 0.717) is 0 Å². The van der Waals surface area contributed by atoms with Gasteiger partial charge in [0.1, 0.15) is 11.3 Å². The third-order valence-corrected chi connectivity index (χ3v) is 3.87. The number of alkyl halides is 3. The van der Waals surface area contributed by atoms with E-state index in [4.69, 9.17) is 39.5 Å². The predicted molar refractivity (Wildman–Crippen MR) is 76.3 cm³/mol. The van der Waals surface area contributed by atoms with Crippen molar-refractivity contribution in [2.24, 2.45) is 0 Å². The summed E-state index contributed by atoms with van der Waals surface area (Å²) < 4.78 is 43.8. The third-order valence-electron chi connectivity index (χ3n) is 2.67. The lowest BCUT2D eigenvalue weighted by Crippen LogP contribution is -2.09. The number of aromatic nitrogens is 1. The van der Waals surface area contributed by atoms with Gasteiger partial charge in [-0.1, -0.05) is 34.8 Å². The van der Waals surface area contributed by atoms with Gasteiger partial charge in [-0.3, -0.25) is 4.98 Å². The summed E-state index contributed by atoms with van der Waals surface area (Å²) in [6.07, 6.45) is -3.53. The number of ether oxygens (including phenoxy) is 1. The van der Waals surface area contributed by atoms with E-state index in [1.165, 1.54) is 12.1 Å². The molecular formula is C13H7Cl3F3NO. The first kappa shape index (κ1) is 16.2. The van der Waals surface area contributed by atoms with E-state index in [-0.39, 0.29) is 26.3 Å². The van der Waals surface area contributed by atoms with Gasteiger partial charge in [-0.05, 0) is 18.2 Å². The van der Waals surface area contributed by atoms with Crippen LogP contribution >= 0.6 is 34.8 Å². The first-order valence-electron chi connectivity index (χ1n) is 5.50. The Morgan fingerprint density at radius 1 is 1.10 bits per heavy atom. The van der Waals surface area contributed by atoms with Gasteiger partial charge in [0.25, 0.3) is 0 Å². The molecule has 2 rings (SSSR count). The lowest BCUT2D eigenvalue weighted by molar-refractivity contribution is -0.138. The highest BCUT2D eigenvalue weighted by Crippen LogP contribution is 2.42. The molecule has 0 bridgehead atoms. The van der Waals surface area contributed by atoms with Crippen LogP contribution in [0.1, 0.15) is 5.56 Å². The fourth-order valence-corrected chi connectivity index (χ4v) is 2.37. The van der Waals surface area contributed by atoms with Crippen LogP contribution in [0.3, 0.4) is 0 Å². The van der Waals surface area contributed by atoms with Crippen LogP contribution in [0.5, 0.6) is 5.75 Å². The molecule has 0 spiro atoms. The Labute approximate surface area is 133 Å². The van der Waals surface area contributed by atoms with Gasteiger partial charge in [-0.2, -0.15) is 13.2 Å². The van der Waals surface area contributed by atoms with Gasteiger partial charge >= 0.3 is 6.18 Å². The molecule has 8 heteroatoms. The zero-order chi connectivity index (χ0) is 15.8. The van der Waals surface area contributed by atoms with Crippen molar-refractivity contribution in [3.8, 4) is 17.0 Å². The van der Waals surface area contributed by atoms with E-state index < -0.39 is 17.5 Å². The fraction of sp³-hybridized carbons (Fsp3) is 0.154. The van der Waals surface area contributed by atoms with Crippen LogP contribution in [0.15, 0.2) is 24.4 Å². The SMILES string of the molecule is COc1c(C(F)(F)F)ccnc1-c1cc(Cl)c(Cl)c(Cl)c1. The minimum Gasteiger partial charge on any atom is -0.494 e. The minimum atomic E-state index is -4.57. The number of hydrogen-bond acceptors (Lipinski definition) is 2. The molecule has 0 amide bonds. The van der Waals surface area contributed by atoms with E-state index in [2.05, 4.69) is 4.98 Å². The Kier molecular flexibility index (Phi) is 4.56. The van der Waals surface area contributed by atoms with Crippen molar-refractivity contribution in [2.45, 2.75) is 6.18 Å². The minimum absolute atomic E-state index is 0.0206. The quantitative estimate of drug-likeness (QED) is 0.640. The van der Waals surface area contributed by atoms with Crippen molar-refractivity contribution in [2.75, 3.05) is 7.11 Å². The highest BCUT2D eigenvalue weighted by molar-refractivity contribution is 6.48. The number of rotatable bonds is 2. The Morgan fingerprint density at radius 2 is 1.67 bits per heavy atom. The van der Waals surface area contributed by atoms with E-state index in [1.54, 1.807) is 0 Å². The molecule has 0 atom stereocenters. The van der Waals surface area contributed by atoms with Gasteiger partial charge in [0.15, 0.2) is 5.75 Å². The molecule has 2 nitrogen and oxygen atoms in total. The zero-order valence-corrected chi connectivity index (χ0v) is 12.7. The summed E-state index contributed by atoms with van der Waals surface area (Å²) in [4.78, 5) is 3.92. The Bertz CT molecular complexity index is 666. The Balaban J connectivity index is 2.70. The molecule has 2 aromatic rings. The second-order valence-electron chi connectivity index (χ2n) is 3.99. The lowest BCUT2D eigenvalue weighted by atomic mass is 10.1. The number of methoxy groups -OCH3 is 1. The van der Waals surface area contributed by atoms with Gasteiger partial charge in [0, 0.05) is 11.8 Å². The van der Waals surface area contributed by atoms with Crippen LogP contribution in [-0.4, -0.2) is 12.1 Å². The zero-order valence-electron chi connectivity index (χ0n) is 10.4. The van der Waals surface area contributed by atoms with Crippen molar-refractivity contribution < 1.29 is 17.9 Å². The Morgan fingerprint density at radius 3 is 2.14 bits per heavy atom. The van der Waals surface area contributed by atoms with Gasteiger partial charge in [0.05, 0.1) is 22.2 Å². The standard InChI is InChI=1S/C13H7Cl3F3NO/c1-21-12-7(13(17,18)19)2-3-20-11(12)6-4-8(14)10(16)9(15)5-6/h2-5H,1H3. The molecule has 0 fully saturated rings. The van der Waals surface area contributed by atoms with Crippen LogP contribution in [0.25, 0.3) is 11.3 Å². The summed E-state index contributed by atoms with van der Waals surface area (Å²) in [5, 5.41) is 0.342. The van der Waals surface area contributed by atoms with Gasteiger partial charge in [-0.25, -0.2) is 0 Å². The first-order valence-corrected chi connectivity index (χ1v) is 6.64. The number of hydrogen-bond donors (Lipinski definition) is 0. The summed E-state index contributed by atoms with van der Waals surface area (Å²) in [5.41, 5.74) is -0.678. The summed E-state index contributed by atoms with van der Waals surface area (Å²) >= 11 is 17.6. The molecule has 0 aliphatic heterocycles. The molecule has 0 aliphatic rings. The normalized spacial score (nSPS) is 11.6. The molecule has 21 heavy (non-hydrogen) atoms. The van der Waals surface area contributed by atoms with Crippen LogP contribution < -0.4 is 4.74 Å². The van der Waals surface area contributed by atoms with E-state index in [1.807, 2.05) is 0 Å². The monoisotopic (exact) mass is 355 g/mol. The van der Waals surface area contributed by atoms with E-state index in [0.717, 1.165) is 19.4 Å². The maximum absolute atomic E-state index is 13.0. The first-order chi connectivity index (χ1) is 9.75. The summed E-state index contributed by atoms with van der Waals surface area (Å²) in [6.45, 7) is 0. The maximum atomic E-state index is 13.0. The van der Waals surface area contributed by atoms with Crippen molar-refractivity contribution in [3.05, 3.63) is 45.0 Å². The molecule has 0 N–H and O–H groups in total. The maximum Gasteiger partial charge on any atom is 0.420 e. The van der Waals surface area contributed by atoms with Gasteiger partial charge < -0.3 is 4.74 Å². The molecule has 0 saturated heterocycles. The van der Waals surface area contributed by atoms with Gasteiger partial charge in [0.2, 0.25) is 0 Å². The van der Waals surface area contributed by atoms with E-state index >= 15 is 0 Å². The molecular weight excluding hydrogens is 350 g/mol. The molecule has 0 saturated carbocycles. The summed E-state index contributed by atoms with van der Waals surface area (Å²) in [7, 11) is 1.13. The number of halogens is 6. The van der Waals surface area contributed by atoms with Crippen molar-refractivity contribution >= 4 is 34.8 Å². The molecule has 1 aromatic carbocycles. The van der Waals surface area contributed by atoms with Crippen molar-refractivity contribution in [3.63, 3.8) is 0 Å². The van der Waals surface area contributed by atoms with Crippen molar-refractivity contribution in [1.29, 1.82) is 0 Å². The fourth-order valence-electron chi connectivity index (χ4n) is 1.78. The molecule has 1 aromatic heterocycles. The molecule has 1 heterocycles. The summed E-state index contributed by atoms with van der Waals surface area (Å²) in [5.74, 6) is -0.403. The van der Waals surface area contributed by atoms with E-state index in [9.17, 15) is 13.2 Å². The smallest absolute Gasteiger partial charge is 0.420 e. The number of benzene rings is 1. The van der Waals surface area contributed by atoms with Crippen LogP contribution in [0, 0.1) is 0 Å². The highest BCUT2D eigenvalue weighted by Gasteiger charge is 2.36. The second-order valence-corrected chi connectivity index (χ2v) is 5.18. The Hall–Kier alpha value is -1.17. The van der Waals surface area contributed by atoms with Crippen LogP contribution in [0.2, 0.25) is 15.1 Å². The third kappa shape index (κ3) is 3.20. The predicted octanol–water partition coefficient (Wildman–Crippen LogP) is 5.74. The highest BCUT2D eigenvalue weighted by atomic mass is 35.5. The number of nitrogens with zero attached hydrogens (tertiary/aromatic N) is 1. The largest absolute Gasteiger partial charge is 0.494 e.